The molecule has 0 aliphatic rings. The van der Waals surface area contributed by atoms with E-state index in [-0.39, 0.29) is 12.2 Å². The van der Waals surface area contributed by atoms with Crippen molar-refractivity contribution in [1.29, 1.82) is 0 Å². The average molecular weight is 271 g/mol. The third kappa shape index (κ3) is 10.7. The summed E-state index contributed by atoms with van der Waals surface area (Å²) in [6.45, 7) is 2.74. The lowest BCUT2D eigenvalue weighted by Crippen LogP contribution is -2.18. The van der Waals surface area contributed by atoms with Gasteiger partial charge in [-0.1, -0.05) is 39.0 Å². The first-order valence-corrected chi connectivity index (χ1v) is 7.56. The maximum absolute atomic E-state index is 11.7. The highest BCUT2D eigenvalue weighted by atomic mass is 16.4. The molecule has 0 saturated carbocycles. The van der Waals surface area contributed by atoms with Gasteiger partial charge in [-0.2, -0.15) is 0 Å². The van der Waals surface area contributed by atoms with Gasteiger partial charge < -0.3 is 10.8 Å². The van der Waals surface area contributed by atoms with Crippen molar-refractivity contribution in [2.45, 2.75) is 71.1 Å². The van der Waals surface area contributed by atoms with Crippen molar-refractivity contribution < 1.29 is 14.7 Å². The Kier molecular flexibility index (Phi) is 11.6. The number of ketones is 1. The molecule has 19 heavy (non-hydrogen) atoms. The van der Waals surface area contributed by atoms with Crippen LogP contribution in [0, 0.1) is 5.92 Å². The minimum absolute atomic E-state index is 0.0941. The van der Waals surface area contributed by atoms with Gasteiger partial charge in [0, 0.05) is 12.8 Å². The number of carbonyl (C=O) groups excluding carboxylic acids is 1. The van der Waals surface area contributed by atoms with Gasteiger partial charge in [0.15, 0.2) is 0 Å². The lowest BCUT2D eigenvalue weighted by molar-refractivity contribution is -0.144. The molecule has 4 heteroatoms. The van der Waals surface area contributed by atoms with Crippen LogP contribution >= 0.6 is 0 Å². The zero-order valence-corrected chi connectivity index (χ0v) is 12.2. The van der Waals surface area contributed by atoms with E-state index >= 15 is 0 Å². The predicted octanol–water partition coefficient (Wildman–Crippen LogP) is 3.14. The van der Waals surface area contributed by atoms with Crippen LogP contribution in [0.1, 0.15) is 71.1 Å². The molecule has 0 aromatic rings. The second-order valence-electron chi connectivity index (χ2n) is 5.23. The molecule has 4 nitrogen and oxygen atoms in total. The van der Waals surface area contributed by atoms with Crippen molar-refractivity contribution in [2.24, 2.45) is 11.7 Å². The molecular formula is C15H29NO3. The minimum Gasteiger partial charge on any atom is -0.481 e. The van der Waals surface area contributed by atoms with Crippen LogP contribution in [-0.2, 0) is 9.59 Å². The highest BCUT2D eigenvalue weighted by molar-refractivity contribution is 5.83. The summed E-state index contributed by atoms with van der Waals surface area (Å²) in [5.41, 5.74) is 5.38. The van der Waals surface area contributed by atoms with Gasteiger partial charge in [0.25, 0.3) is 0 Å². The van der Waals surface area contributed by atoms with Crippen LogP contribution in [0.5, 0.6) is 0 Å². The van der Waals surface area contributed by atoms with E-state index in [1.54, 1.807) is 0 Å². The number of hydrogen-bond donors (Lipinski definition) is 2. The molecule has 3 N–H and O–H groups in total. The molecule has 0 amide bonds. The molecule has 0 bridgehead atoms. The molecule has 0 aromatic heterocycles. The van der Waals surface area contributed by atoms with E-state index < -0.39 is 11.9 Å². The van der Waals surface area contributed by atoms with Gasteiger partial charge in [0.2, 0.25) is 0 Å². The lowest BCUT2D eigenvalue weighted by Gasteiger charge is -2.11. The Bertz CT molecular complexity index is 254. The molecule has 0 radical (unpaired) electrons. The highest BCUT2D eigenvalue weighted by Crippen LogP contribution is 2.16. The Balaban J connectivity index is 3.80. The number of hydrogen-bond acceptors (Lipinski definition) is 3. The fraction of sp³-hybridized carbons (Fsp3) is 0.867. The second kappa shape index (κ2) is 12.2. The van der Waals surface area contributed by atoms with E-state index in [9.17, 15) is 9.59 Å². The number of Topliss-reactive ketones (excluding diaryl/α,β-unsaturated/α-hetero) is 1. The van der Waals surface area contributed by atoms with Crippen molar-refractivity contribution in [3.05, 3.63) is 0 Å². The molecule has 0 heterocycles. The topological polar surface area (TPSA) is 80.4 Å². The Morgan fingerprint density at radius 3 is 2.32 bits per heavy atom. The Morgan fingerprint density at radius 2 is 1.74 bits per heavy atom. The van der Waals surface area contributed by atoms with Gasteiger partial charge in [0.05, 0.1) is 5.92 Å². The van der Waals surface area contributed by atoms with Crippen LogP contribution in [-0.4, -0.2) is 23.4 Å². The minimum atomic E-state index is -0.851. The van der Waals surface area contributed by atoms with Crippen molar-refractivity contribution >= 4 is 11.8 Å². The maximum atomic E-state index is 11.7. The van der Waals surface area contributed by atoms with Crippen molar-refractivity contribution in [2.75, 3.05) is 6.54 Å². The zero-order chi connectivity index (χ0) is 14.5. The van der Waals surface area contributed by atoms with E-state index in [4.69, 9.17) is 10.8 Å². The van der Waals surface area contributed by atoms with Gasteiger partial charge in [-0.05, 0) is 25.8 Å². The maximum Gasteiger partial charge on any atom is 0.306 e. The summed E-state index contributed by atoms with van der Waals surface area (Å²) >= 11 is 0. The van der Waals surface area contributed by atoms with Gasteiger partial charge in [0.1, 0.15) is 5.78 Å². The standard InChI is InChI=1S/C15H29NO3/c1-2-3-4-5-6-10-14(17)12-13(15(18)19)9-7-8-11-16/h13H,2-12,16H2,1H3,(H,18,19). The Labute approximate surface area is 116 Å². The smallest absolute Gasteiger partial charge is 0.306 e. The van der Waals surface area contributed by atoms with E-state index in [0.717, 1.165) is 25.7 Å². The lowest BCUT2D eigenvalue weighted by atomic mass is 9.94. The normalized spacial score (nSPS) is 12.3. The fourth-order valence-electron chi connectivity index (χ4n) is 2.15. The first-order chi connectivity index (χ1) is 9.11. The number of unbranched alkanes of at least 4 members (excludes halogenated alkanes) is 5. The number of carboxylic acids is 1. The number of carboxylic acid groups (broad SMARTS) is 1. The molecule has 0 saturated heterocycles. The van der Waals surface area contributed by atoms with Crippen LogP contribution in [0.15, 0.2) is 0 Å². The summed E-state index contributed by atoms with van der Waals surface area (Å²) in [5.74, 6) is -1.28. The summed E-state index contributed by atoms with van der Waals surface area (Å²) in [4.78, 5) is 22.8. The molecule has 0 rings (SSSR count). The fourth-order valence-corrected chi connectivity index (χ4v) is 2.15. The molecule has 1 atom stereocenters. The predicted molar refractivity (Wildman–Crippen MR) is 77.0 cm³/mol. The van der Waals surface area contributed by atoms with Crippen LogP contribution in [0.2, 0.25) is 0 Å². The monoisotopic (exact) mass is 271 g/mol. The summed E-state index contributed by atoms with van der Waals surface area (Å²) < 4.78 is 0. The van der Waals surface area contributed by atoms with Crippen molar-refractivity contribution in [1.82, 2.24) is 0 Å². The molecule has 0 aromatic carbocycles. The molecule has 1 unspecified atom stereocenters. The van der Waals surface area contributed by atoms with E-state index in [1.807, 2.05) is 0 Å². The second-order valence-corrected chi connectivity index (χ2v) is 5.23. The summed E-state index contributed by atoms with van der Waals surface area (Å²) in [7, 11) is 0. The number of aliphatic carboxylic acids is 1. The van der Waals surface area contributed by atoms with Crippen LogP contribution in [0.4, 0.5) is 0 Å². The molecule has 0 aliphatic carbocycles. The summed E-state index contributed by atoms with van der Waals surface area (Å²) in [6.07, 6.45) is 8.45. The van der Waals surface area contributed by atoms with E-state index in [2.05, 4.69) is 6.92 Å². The number of nitrogens with two attached hydrogens (primary N) is 1. The number of carbonyl (C=O) groups is 2. The van der Waals surface area contributed by atoms with Crippen LogP contribution in [0.25, 0.3) is 0 Å². The highest BCUT2D eigenvalue weighted by Gasteiger charge is 2.20. The Morgan fingerprint density at radius 1 is 1.05 bits per heavy atom. The number of rotatable bonds is 13. The van der Waals surface area contributed by atoms with Crippen LogP contribution in [0.3, 0.4) is 0 Å². The SMILES string of the molecule is CCCCCCCC(=O)CC(CCCCN)C(=O)O. The molecule has 0 fully saturated rings. The molecular weight excluding hydrogens is 242 g/mol. The van der Waals surface area contributed by atoms with Gasteiger partial charge in [-0.15, -0.1) is 0 Å². The Hall–Kier alpha value is -0.900. The quantitative estimate of drug-likeness (QED) is 0.504. The summed E-state index contributed by atoms with van der Waals surface area (Å²) in [6, 6.07) is 0. The third-order valence-electron chi connectivity index (χ3n) is 3.39. The molecule has 0 aliphatic heterocycles. The van der Waals surface area contributed by atoms with Gasteiger partial charge in [-0.3, -0.25) is 9.59 Å². The first kappa shape index (κ1) is 18.1. The van der Waals surface area contributed by atoms with E-state index in [0.29, 0.717) is 19.4 Å². The van der Waals surface area contributed by atoms with Crippen LogP contribution < -0.4 is 5.73 Å². The van der Waals surface area contributed by atoms with Gasteiger partial charge in [-0.25, -0.2) is 0 Å². The van der Waals surface area contributed by atoms with Gasteiger partial charge >= 0.3 is 5.97 Å². The summed E-state index contributed by atoms with van der Waals surface area (Å²) in [5, 5.41) is 9.08. The van der Waals surface area contributed by atoms with Crippen molar-refractivity contribution in [3.63, 3.8) is 0 Å². The average Bonchev–Trinajstić information content (AvgIpc) is 2.37. The van der Waals surface area contributed by atoms with E-state index in [1.165, 1.54) is 19.3 Å². The van der Waals surface area contributed by atoms with Crippen molar-refractivity contribution in [3.8, 4) is 0 Å². The first-order valence-electron chi connectivity index (χ1n) is 7.56. The largest absolute Gasteiger partial charge is 0.481 e. The zero-order valence-electron chi connectivity index (χ0n) is 12.2. The third-order valence-corrected chi connectivity index (χ3v) is 3.39. The molecule has 112 valence electrons. The molecule has 0 spiro atoms.